The van der Waals surface area contributed by atoms with Crippen LogP contribution in [0.1, 0.15) is 42.6 Å². The normalized spacial score (nSPS) is 21.2. The van der Waals surface area contributed by atoms with Gasteiger partial charge in [0, 0.05) is 24.6 Å². The molecule has 48 heavy (non-hydrogen) atoms. The molecule has 0 radical (unpaired) electrons. The average molecular weight is 668 g/mol. The predicted octanol–water partition coefficient (Wildman–Crippen LogP) is 7.96. The largest absolute Gasteiger partial charge is 0.482 e. The van der Waals surface area contributed by atoms with Crippen molar-refractivity contribution >= 4 is 16.0 Å². The highest BCUT2D eigenvalue weighted by atomic mass is 32.2. The van der Waals surface area contributed by atoms with Crippen molar-refractivity contribution in [2.24, 2.45) is 11.8 Å². The van der Waals surface area contributed by atoms with E-state index in [1.165, 1.54) is 0 Å². The Labute approximate surface area is 282 Å². The number of hydrogen-bond donors (Lipinski definition) is 1. The zero-order chi connectivity index (χ0) is 34.0. The van der Waals surface area contributed by atoms with Gasteiger partial charge in [0.2, 0.25) is 10.0 Å². The molecule has 0 aromatic heterocycles. The monoisotopic (exact) mass is 667 g/mol. The van der Waals surface area contributed by atoms with Crippen LogP contribution in [-0.2, 0) is 19.6 Å². The maximum atomic E-state index is 13.8. The molecule has 0 spiro atoms. The summed E-state index contributed by atoms with van der Waals surface area (Å²) < 4.78 is 48.0. The van der Waals surface area contributed by atoms with Gasteiger partial charge < -0.3 is 19.3 Å². The number of aryl methyl sites for hydroxylation is 2. The molecule has 250 valence electrons. The van der Waals surface area contributed by atoms with Crippen LogP contribution in [-0.4, -0.2) is 49.6 Å². The minimum atomic E-state index is -3.72. The Morgan fingerprint density at radius 3 is 2.31 bits per heavy atom. The second kappa shape index (κ2) is 14.0. The fourth-order valence-electron chi connectivity index (χ4n) is 6.68. The summed E-state index contributed by atoms with van der Waals surface area (Å²) in [7, 11) is -3.72. The summed E-state index contributed by atoms with van der Waals surface area (Å²) in [5.41, 5.74) is 5.82. The molecule has 0 amide bonds. The Balaban J connectivity index is 1.23. The number of sulfonamides is 1. The quantitative estimate of drug-likeness (QED) is 0.171. The smallest absolute Gasteiger partial charge is 0.341 e. The Kier molecular flexibility index (Phi) is 9.73. The van der Waals surface area contributed by atoms with Crippen LogP contribution >= 0.6 is 0 Å². The number of piperidine rings is 1. The van der Waals surface area contributed by atoms with Gasteiger partial charge in [0.1, 0.15) is 17.2 Å². The lowest BCUT2D eigenvalue weighted by Gasteiger charge is -2.47. The standard InChI is InChI=1S/C39H41NO7S/c1-25(2)34-21-30-23-40(48(43,44)33-15-11-29(12-16-33)28-8-6-5-7-9-28)19-18-36(30)47-39(34)35-22-32(14-17-37(35)45-24-38(41)42)46-31-13-10-26(3)27(4)20-31/h5-17,20,22,30,34,36,39H,1,18-19,21,23-24H2,2-4H3,(H,41,42)/t30-,34-,36+,39+/m1/s1. The summed E-state index contributed by atoms with van der Waals surface area (Å²) in [6.45, 7) is 10.4. The molecule has 9 heteroatoms. The van der Waals surface area contributed by atoms with E-state index in [0.29, 0.717) is 48.7 Å². The van der Waals surface area contributed by atoms with E-state index in [-0.39, 0.29) is 22.8 Å². The van der Waals surface area contributed by atoms with Crippen molar-refractivity contribution in [2.45, 2.75) is 50.7 Å². The van der Waals surface area contributed by atoms with Crippen molar-refractivity contribution in [3.8, 4) is 28.4 Å². The molecule has 0 unspecified atom stereocenters. The number of rotatable bonds is 10. The van der Waals surface area contributed by atoms with E-state index in [4.69, 9.17) is 14.2 Å². The Hall–Kier alpha value is -4.44. The molecule has 0 aliphatic carbocycles. The number of carbonyl (C=O) groups is 1. The van der Waals surface area contributed by atoms with E-state index in [1.54, 1.807) is 28.6 Å². The summed E-state index contributed by atoms with van der Waals surface area (Å²) in [5.74, 6) is 0.365. The zero-order valence-corrected chi connectivity index (χ0v) is 28.3. The van der Waals surface area contributed by atoms with Crippen LogP contribution in [0, 0.1) is 25.7 Å². The van der Waals surface area contributed by atoms with E-state index in [1.807, 2.05) is 87.5 Å². The predicted molar refractivity (Wildman–Crippen MR) is 185 cm³/mol. The topological polar surface area (TPSA) is 102 Å². The molecule has 2 aliphatic heterocycles. The molecule has 8 nitrogen and oxygen atoms in total. The molecule has 2 heterocycles. The summed E-state index contributed by atoms with van der Waals surface area (Å²) in [5, 5.41) is 9.36. The Morgan fingerprint density at radius 1 is 0.938 bits per heavy atom. The number of fused-ring (bicyclic) bond motifs is 1. The molecule has 4 atom stereocenters. The van der Waals surface area contributed by atoms with Crippen molar-refractivity contribution in [2.75, 3.05) is 19.7 Å². The highest BCUT2D eigenvalue weighted by Crippen LogP contribution is 2.48. The van der Waals surface area contributed by atoms with Crippen molar-refractivity contribution in [3.63, 3.8) is 0 Å². The fraction of sp³-hybridized carbons (Fsp3) is 0.308. The van der Waals surface area contributed by atoms with Crippen LogP contribution < -0.4 is 9.47 Å². The molecular formula is C39H41NO7S. The Morgan fingerprint density at radius 2 is 1.62 bits per heavy atom. The van der Waals surface area contributed by atoms with Gasteiger partial charge in [-0.05, 0) is 104 Å². The van der Waals surface area contributed by atoms with E-state index in [2.05, 4.69) is 6.58 Å². The summed E-state index contributed by atoms with van der Waals surface area (Å²) in [6, 6.07) is 28.1. The van der Waals surface area contributed by atoms with E-state index in [0.717, 1.165) is 27.8 Å². The van der Waals surface area contributed by atoms with E-state index < -0.39 is 28.7 Å². The molecule has 2 saturated heterocycles. The first kappa shape index (κ1) is 33.5. The Bertz CT molecular complexity index is 1910. The summed E-state index contributed by atoms with van der Waals surface area (Å²) >= 11 is 0. The third kappa shape index (κ3) is 7.18. The van der Waals surface area contributed by atoms with E-state index >= 15 is 0 Å². The highest BCUT2D eigenvalue weighted by Gasteiger charge is 2.45. The molecule has 2 aliphatic rings. The van der Waals surface area contributed by atoms with Crippen LogP contribution in [0.4, 0.5) is 0 Å². The van der Waals surface area contributed by atoms with Crippen LogP contribution in [0.25, 0.3) is 11.1 Å². The molecule has 4 aromatic carbocycles. The van der Waals surface area contributed by atoms with Crippen molar-refractivity contribution in [3.05, 3.63) is 120 Å². The maximum Gasteiger partial charge on any atom is 0.341 e. The van der Waals surface area contributed by atoms with Gasteiger partial charge in [-0.1, -0.05) is 60.7 Å². The van der Waals surface area contributed by atoms with Crippen LogP contribution in [0.3, 0.4) is 0 Å². The summed E-state index contributed by atoms with van der Waals surface area (Å²) in [6.07, 6.45) is 0.499. The number of hydrogen-bond acceptors (Lipinski definition) is 6. The van der Waals surface area contributed by atoms with Gasteiger partial charge in [-0.2, -0.15) is 4.31 Å². The van der Waals surface area contributed by atoms with Crippen molar-refractivity contribution in [1.29, 1.82) is 0 Å². The molecule has 0 saturated carbocycles. The summed E-state index contributed by atoms with van der Waals surface area (Å²) in [4.78, 5) is 11.7. The fourth-order valence-corrected chi connectivity index (χ4v) is 8.19. The first-order chi connectivity index (χ1) is 23.0. The minimum Gasteiger partial charge on any atom is -0.482 e. The third-order valence-corrected chi connectivity index (χ3v) is 11.3. The lowest BCUT2D eigenvalue weighted by molar-refractivity contribution is -0.139. The lowest BCUT2D eigenvalue weighted by Crippen LogP contribution is -2.50. The van der Waals surface area contributed by atoms with Gasteiger partial charge in [-0.3, -0.25) is 0 Å². The number of benzene rings is 4. The molecule has 4 aromatic rings. The van der Waals surface area contributed by atoms with Gasteiger partial charge in [-0.25, -0.2) is 13.2 Å². The number of carboxylic acid groups (broad SMARTS) is 1. The lowest BCUT2D eigenvalue weighted by atomic mass is 9.76. The minimum absolute atomic E-state index is 0.0478. The molecular weight excluding hydrogens is 626 g/mol. The number of ether oxygens (including phenoxy) is 3. The van der Waals surface area contributed by atoms with Gasteiger partial charge in [0.25, 0.3) is 0 Å². The van der Waals surface area contributed by atoms with Crippen LogP contribution in [0.15, 0.2) is 108 Å². The second-order valence-electron chi connectivity index (χ2n) is 12.8. The van der Waals surface area contributed by atoms with Crippen LogP contribution in [0.2, 0.25) is 0 Å². The van der Waals surface area contributed by atoms with Gasteiger partial charge in [-0.15, -0.1) is 0 Å². The zero-order valence-electron chi connectivity index (χ0n) is 27.5. The highest BCUT2D eigenvalue weighted by molar-refractivity contribution is 7.89. The average Bonchev–Trinajstić information content (AvgIpc) is 3.08. The molecule has 6 rings (SSSR count). The van der Waals surface area contributed by atoms with Crippen LogP contribution in [0.5, 0.6) is 17.2 Å². The number of carboxylic acids is 1. The van der Waals surface area contributed by atoms with Gasteiger partial charge >= 0.3 is 5.97 Å². The first-order valence-corrected chi connectivity index (χ1v) is 17.6. The molecule has 1 N–H and O–H groups in total. The van der Waals surface area contributed by atoms with Crippen molar-refractivity contribution < 1.29 is 32.5 Å². The third-order valence-electron chi connectivity index (χ3n) is 9.46. The number of nitrogens with zero attached hydrogens (tertiary/aromatic N) is 1. The SMILES string of the molecule is C=C(C)[C@H]1C[C@@H]2CN(S(=O)(=O)c3ccc(-c4ccccc4)cc3)CC[C@@H]2O[C@@H]1c1cc(Oc2ccc(C)c(C)c2)ccc1OCC(=O)O. The molecule has 0 bridgehead atoms. The number of aliphatic carboxylic acids is 1. The van der Waals surface area contributed by atoms with Gasteiger partial charge in [0.05, 0.1) is 17.1 Å². The van der Waals surface area contributed by atoms with E-state index in [9.17, 15) is 18.3 Å². The van der Waals surface area contributed by atoms with Crippen molar-refractivity contribution in [1.82, 2.24) is 4.31 Å². The maximum absolute atomic E-state index is 13.8. The van der Waals surface area contributed by atoms with Gasteiger partial charge in [0.15, 0.2) is 6.61 Å². The molecule has 2 fully saturated rings. The first-order valence-electron chi connectivity index (χ1n) is 16.2. The second-order valence-corrected chi connectivity index (χ2v) is 14.8.